The zero-order valence-electron chi connectivity index (χ0n) is 15.9. The molecule has 2 aromatic rings. The van der Waals surface area contributed by atoms with Gasteiger partial charge in [-0.15, -0.1) is 0 Å². The monoisotopic (exact) mass is 370 g/mol. The van der Waals surface area contributed by atoms with Gasteiger partial charge in [0.15, 0.2) is 5.82 Å². The zero-order chi connectivity index (χ0) is 18.8. The van der Waals surface area contributed by atoms with Gasteiger partial charge in [0.25, 0.3) is 0 Å². The maximum absolute atomic E-state index is 12.6. The first kappa shape index (κ1) is 18.0. The summed E-state index contributed by atoms with van der Waals surface area (Å²) in [5.41, 5.74) is 0.722. The fourth-order valence-corrected chi connectivity index (χ4v) is 3.61. The summed E-state index contributed by atoms with van der Waals surface area (Å²) in [6.45, 7) is 3.78. The number of rotatable bonds is 6. The Hall–Kier alpha value is -2.41. The van der Waals surface area contributed by atoms with Crippen LogP contribution in [0.1, 0.15) is 56.3 Å². The minimum Gasteiger partial charge on any atom is -0.495 e. The molecular formula is C20H26N4O3. The molecule has 7 nitrogen and oxygen atoms in total. The number of nitrogens with zero attached hydrogens (tertiary/aromatic N) is 3. The average molecular weight is 370 g/mol. The van der Waals surface area contributed by atoms with E-state index in [1.807, 2.05) is 24.3 Å². The third-order valence-corrected chi connectivity index (χ3v) is 5.57. The number of methoxy groups -OCH3 is 1. The number of likely N-dealkylation sites (tertiary alicyclic amines) is 1. The van der Waals surface area contributed by atoms with Gasteiger partial charge in [-0.3, -0.25) is 9.69 Å². The van der Waals surface area contributed by atoms with Crippen LogP contribution in [0.5, 0.6) is 5.75 Å². The number of carbonyl (C=O) groups excluding carboxylic acids is 1. The van der Waals surface area contributed by atoms with Crippen molar-refractivity contribution in [2.75, 3.05) is 25.5 Å². The van der Waals surface area contributed by atoms with Crippen LogP contribution in [-0.4, -0.2) is 41.1 Å². The summed E-state index contributed by atoms with van der Waals surface area (Å²) in [6.07, 6.45) is 3.96. The molecule has 1 saturated carbocycles. The van der Waals surface area contributed by atoms with E-state index in [4.69, 9.17) is 9.26 Å². The molecule has 144 valence electrons. The molecule has 2 heterocycles. The molecule has 1 N–H and O–H groups in total. The molecule has 1 aromatic carbocycles. The third kappa shape index (κ3) is 3.98. The second kappa shape index (κ2) is 7.68. The molecular weight excluding hydrogens is 344 g/mol. The van der Waals surface area contributed by atoms with Crippen molar-refractivity contribution in [3.05, 3.63) is 36.0 Å². The lowest BCUT2D eigenvalue weighted by Gasteiger charge is -2.33. The number of amides is 1. The van der Waals surface area contributed by atoms with Gasteiger partial charge in [0.2, 0.25) is 11.8 Å². The highest BCUT2D eigenvalue weighted by atomic mass is 16.5. The molecule has 0 spiro atoms. The number of carbonyl (C=O) groups is 1. The molecule has 7 heteroatoms. The molecule has 27 heavy (non-hydrogen) atoms. The van der Waals surface area contributed by atoms with Crippen molar-refractivity contribution in [1.29, 1.82) is 0 Å². The quantitative estimate of drug-likeness (QED) is 0.840. The summed E-state index contributed by atoms with van der Waals surface area (Å²) in [6, 6.07) is 7.58. The summed E-state index contributed by atoms with van der Waals surface area (Å²) >= 11 is 0. The van der Waals surface area contributed by atoms with Crippen LogP contribution in [0.15, 0.2) is 28.8 Å². The largest absolute Gasteiger partial charge is 0.495 e. The Morgan fingerprint density at radius 3 is 2.70 bits per heavy atom. The number of aromatic nitrogens is 2. The van der Waals surface area contributed by atoms with Crippen LogP contribution in [0, 0.1) is 5.92 Å². The van der Waals surface area contributed by atoms with Crippen molar-refractivity contribution in [3.8, 4) is 5.75 Å². The highest BCUT2D eigenvalue weighted by Crippen LogP contribution is 2.39. The van der Waals surface area contributed by atoms with E-state index in [2.05, 4.69) is 27.3 Å². The minimum absolute atomic E-state index is 0.00284. The molecule has 1 aliphatic carbocycles. The first-order valence-electron chi connectivity index (χ1n) is 9.67. The molecule has 1 aromatic heterocycles. The standard InChI is InChI=1S/C20H26N4O3/c1-13(20-22-18(23-27-20)14-7-8-14)24-11-9-15(10-12-24)19(25)21-16-5-3-4-6-17(16)26-2/h3-6,13-15H,7-12H2,1-2H3,(H,21,25). The van der Waals surface area contributed by atoms with Gasteiger partial charge in [-0.05, 0) is 57.8 Å². The molecule has 1 aliphatic heterocycles. The third-order valence-electron chi connectivity index (χ3n) is 5.57. The van der Waals surface area contributed by atoms with Crippen molar-refractivity contribution in [3.63, 3.8) is 0 Å². The van der Waals surface area contributed by atoms with E-state index in [1.165, 1.54) is 12.8 Å². The normalized spacial score (nSPS) is 19.6. The maximum atomic E-state index is 12.6. The van der Waals surface area contributed by atoms with Crippen LogP contribution in [-0.2, 0) is 4.79 Å². The fourth-order valence-electron chi connectivity index (χ4n) is 3.61. The molecule has 4 rings (SSSR count). The Labute approximate surface area is 159 Å². The van der Waals surface area contributed by atoms with Crippen molar-refractivity contribution < 1.29 is 14.1 Å². The zero-order valence-corrected chi connectivity index (χ0v) is 15.9. The molecule has 2 fully saturated rings. The Morgan fingerprint density at radius 1 is 1.26 bits per heavy atom. The Bertz CT molecular complexity index is 794. The summed E-state index contributed by atoms with van der Waals surface area (Å²) in [5, 5.41) is 7.12. The number of ether oxygens (including phenoxy) is 1. The van der Waals surface area contributed by atoms with Crippen LogP contribution in [0.4, 0.5) is 5.69 Å². The topological polar surface area (TPSA) is 80.5 Å². The highest BCUT2D eigenvalue weighted by molar-refractivity contribution is 5.94. The number of anilines is 1. The second-order valence-electron chi connectivity index (χ2n) is 7.44. The van der Waals surface area contributed by atoms with Crippen LogP contribution in [0.2, 0.25) is 0 Å². The number of hydrogen-bond acceptors (Lipinski definition) is 6. The summed E-state index contributed by atoms with van der Waals surface area (Å²) in [7, 11) is 1.61. The summed E-state index contributed by atoms with van der Waals surface area (Å²) in [5.74, 6) is 2.78. The van der Waals surface area contributed by atoms with Crippen molar-refractivity contribution in [2.24, 2.45) is 5.92 Å². The van der Waals surface area contributed by atoms with Crippen LogP contribution >= 0.6 is 0 Å². The maximum Gasteiger partial charge on any atom is 0.243 e. The fraction of sp³-hybridized carbons (Fsp3) is 0.550. The van der Waals surface area contributed by atoms with Gasteiger partial charge in [0.05, 0.1) is 18.8 Å². The Balaban J connectivity index is 1.31. The van der Waals surface area contributed by atoms with Crippen molar-refractivity contribution in [2.45, 2.75) is 44.6 Å². The minimum atomic E-state index is 0.00284. The van der Waals surface area contributed by atoms with Gasteiger partial charge in [0.1, 0.15) is 5.75 Å². The van der Waals surface area contributed by atoms with Gasteiger partial charge in [-0.2, -0.15) is 4.98 Å². The van der Waals surface area contributed by atoms with E-state index in [1.54, 1.807) is 7.11 Å². The molecule has 2 aliphatic rings. The Morgan fingerprint density at radius 2 is 2.00 bits per heavy atom. The van der Waals surface area contributed by atoms with Gasteiger partial charge >= 0.3 is 0 Å². The van der Waals surface area contributed by atoms with Gasteiger partial charge in [-0.1, -0.05) is 17.3 Å². The van der Waals surface area contributed by atoms with Crippen LogP contribution in [0.25, 0.3) is 0 Å². The Kier molecular flexibility index (Phi) is 5.11. The second-order valence-corrected chi connectivity index (χ2v) is 7.44. The van der Waals surface area contributed by atoms with E-state index < -0.39 is 0 Å². The molecule has 0 radical (unpaired) electrons. The smallest absolute Gasteiger partial charge is 0.243 e. The van der Waals surface area contributed by atoms with Gasteiger partial charge in [0, 0.05) is 11.8 Å². The van der Waals surface area contributed by atoms with E-state index >= 15 is 0 Å². The van der Waals surface area contributed by atoms with E-state index in [0.717, 1.165) is 37.4 Å². The van der Waals surface area contributed by atoms with Gasteiger partial charge in [-0.25, -0.2) is 0 Å². The summed E-state index contributed by atoms with van der Waals surface area (Å²) in [4.78, 5) is 19.5. The number of para-hydroxylation sites is 2. The van der Waals surface area contributed by atoms with Gasteiger partial charge < -0.3 is 14.6 Å². The molecule has 1 atom stereocenters. The lowest BCUT2D eigenvalue weighted by molar-refractivity contribution is -0.121. The predicted octanol–water partition coefficient (Wildman–Crippen LogP) is 3.37. The predicted molar refractivity (Wildman–Crippen MR) is 101 cm³/mol. The van der Waals surface area contributed by atoms with E-state index in [0.29, 0.717) is 17.6 Å². The molecule has 0 bridgehead atoms. The summed E-state index contributed by atoms with van der Waals surface area (Å²) < 4.78 is 10.8. The first-order valence-corrected chi connectivity index (χ1v) is 9.67. The number of nitrogens with one attached hydrogen (secondary N) is 1. The molecule has 1 saturated heterocycles. The number of benzene rings is 1. The lowest BCUT2D eigenvalue weighted by atomic mass is 9.95. The van der Waals surface area contributed by atoms with Crippen LogP contribution in [0.3, 0.4) is 0 Å². The van der Waals surface area contributed by atoms with Crippen molar-refractivity contribution >= 4 is 11.6 Å². The van der Waals surface area contributed by atoms with Crippen molar-refractivity contribution in [1.82, 2.24) is 15.0 Å². The lowest BCUT2D eigenvalue weighted by Crippen LogP contribution is -2.39. The highest BCUT2D eigenvalue weighted by Gasteiger charge is 2.33. The van der Waals surface area contributed by atoms with E-state index in [-0.39, 0.29) is 17.9 Å². The number of hydrogen-bond donors (Lipinski definition) is 1. The average Bonchev–Trinajstić information content (AvgIpc) is 3.44. The van der Waals surface area contributed by atoms with Crippen LogP contribution < -0.4 is 10.1 Å². The van der Waals surface area contributed by atoms with E-state index in [9.17, 15) is 4.79 Å². The molecule has 1 unspecified atom stereocenters. The number of piperidine rings is 1. The first-order chi connectivity index (χ1) is 13.2. The molecule has 1 amide bonds. The SMILES string of the molecule is COc1ccccc1NC(=O)C1CCN(C(C)c2nc(C3CC3)no2)CC1.